The fraction of sp³-hybridized carbons (Fsp3) is 0.974. The molecule has 0 amide bonds. The second kappa shape index (κ2) is 37.7. The van der Waals surface area contributed by atoms with E-state index in [1.165, 1.54) is 154 Å². The third kappa shape index (κ3) is 36.8. The van der Waals surface area contributed by atoms with Crippen molar-refractivity contribution >= 4 is 13.8 Å². The van der Waals surface area contributed by atoms with Gasteiger partial charge in [0.25, 0.3) is 0 Å². The molecular formula is C39H80NO7P. The predicted octanol–water partition coefficient (Wildman–Crippen LogP) is 11.7. The molecule has 0 aliphatic heterocycles. The molecule has 0 saturated carbocycles. The third-order valence-electron chi connectivity index (χ3n) is 9.02. The summed E-state index contributed by atoms with van der Waals surface area (Å²) >= 11 is 0. The van der Waals surface area contributed by atoms with E-state index >= 15 is 0 Å². The number of phosphoric ester groups is 1. The molecule has 3 N–H and O–H groups in total. The molecule has 1 unspecified atom stereocenters. The number of carbonyl (C=O) groups is 1. The normalized spacial score (nSPS) is 13.5. The van der Waals surface area contributed by atoms with E-state index in [0.717, 1.165) is 32.1 Å². The zero-order valence-electron chi connectivity index (χ0n) is 31.7. The van der Waals surface area contributed by atoms with Crippen molar-refractivity contribution in [2.45, 2.75) is 213 Å². The van der Waals surface area contributed by atoms with E-state index in [0.29, 0.717) is 13.0 Å². The summed E-state index contributed by atoms with van der Waals surface area (Å²) in [4.78, 5) is 22.4. The van der Waals surface area contributed by atoms with Gasteiger partial charge in [-0.25, -0.2) is 4.57 Å². The minimum atomic E-state index is -4.26. The van der Waals surface area contributed by atoms with Gasteiger partial charge in [-0.2, -0.15) is 0 Å². The Labute approximate surface area is 297 Å². The Morgan fingerprint density at radius 1 is 0.542 bits per heavy atom. The zero-order valence-corrected chi connectivity index (χ0v) is 32.6. The first-order chi connectivity index (χ1) is 23.4. The van der Waals surface area contributed by atoms with Crippen LogP contribution in [-0.2, 0) is 27.9 Å². The first-order valence-corrected chi connectivity index (χ1v) is 22.0. The molecule has 288 valence electrons. The number of ether oxygens (including phenoxy) is 2. The molecule has 0 saturated heterocycles. The lowest BCUT2D eigenvalue weighted by Gasteiger charge is -2.20. The molecule has 0 rings (SSSR count). The largest absolute Gasteiger partial charge is 0.472 e. The second-order valence-corrected chi connectivity index (χ2v) is 15.3. The number of hydrogen-bond acceptors (Lipinski definition) is 7. The van der Waals surface area contributed by atoms with E-state index < -0.39 is 13.9 Å². The van der Waals surface area contributed by atoms with E-state index in [-0.39, 0.29) is 32.3 Å². The van der Waals surface area contributed by atoms with Gasteiger partial charge in [0.2, 0.25) is 0 Å². The first-order valence-electron chi connectivity index (χ1n) is 20.5. The average Bonchev–Trinajstić information content (AvgIpc) is 3.07. The number of rotatable bonds is 40. The molecule has 48 heavy (non-hydrogen) atoms. The number of nitrogens with two attached hydrogens (primary N) is 1. The summed E-state index contributed by atoms with van der Waals surface area (Å²) in [7, 11) is -4.26. The minimum absolute atomic E-state index is 0.0902. The molecule has 0 radical (unpaired) electrons. The minimum Gasteiger partial charge on any atom is -0.457 e. The Kier molecular flexibility index (Phi) is 37.4. The smallest absolute Gasteiger partial charge is 0.457 e. The van der Waals surface area contributed by atoms with Crippen LogP contribution in [0.2, 0.25) is 0 Å². The summed E-state index contributed by atoms with van der Waals surface area (Å²) < 4.78 is 33.4. The fourth-order valence-corrected chi connectivity index (χ4v) is 6.76. The van der Waals surface area contributed by atoms with Gasteiger partial charge in [0.05, 0.1) is 19.8 Å². The molecule has 0 heterocycles. The number of esters is 1. The molecule has 0 aliphatic rings. The van der Waals surface area contributed by atoms with Crippen molar-refractivity contribution in [1.82, 2.24) is 0 Å². The Morgan fingerprint density at radius 2 is 0.917 bits per heavy atom. The summed E-state index contributed by atoms with van der Waals surface area (Å²) in [6.45, 7) is 4.97. The molecule has 0 aliphatic carbocycles. The Balaban J connectivity index is 4.01. The molecule has 2 atom stereocenters. The van der Waals surface area contributed by atoms with E-state index in [2.05, 4.69) is 13.8 Å². The van der Waals surface area contributed by atoms with Crippen LogP contribution in [0.4, 0.5) is 0 Å². The van der Waals surface area contributed by atoms with E-state index in [1.54, 1.807) is 0 Å². The quantitative estimate of drug-likeness (QED) is 0.0367. The molecule has 0 aromatic heterocycles. The molecule has 0 spiro atoms. The second-order valence-electron chi connectivity index (χ2n) is 13.9. The van der Waals surface area contributed by atoms with Crippen LogP contribution in [0.3, 0.4) is 0 Å². The Hall–Kier alpha value is -0.500. The van der Waals surface area contributed by atoms with Crippen molar-refractivity contribution in [3.05, 3.63) is 0 Å². The van der Waals surface area contributed by atoms with Crippen molar-refractivity contribution in [3.63, 3.8) is 0 Å². The van der Waals surface area contributed by atoms with E-state index in [9.17, 15) is 14.3 Å². The summed E-state index contributed by atoms with van der Waals surface area (Å²) in [6, 6.07) is 0. The van der Waals surface area contributed by atoms with Crippen LogP contribution in [0.1, 0.15) is 206 Å². The first kappa shape index (κ1) is 47.5. The number of carbonyl (C=O) groups excluding carboxylic acids is 1. The average molecular weight is 706 g/mol. The molecule has 0 fully saturated rings. The number of unbranched alkanes of at least 4 members (excludes halogenated alkanes) is 27. The van der Waals surface area contributed by atoms with Crippen LogP contribution in [0.5, 0.6) is 0 Å². The van der Waals surface area contributed by atoms with Crippen LogP contribution in [0, 0.1) is 0 Å². The van der Waals surface area contributed by atoms with Gasteiger partial charge < -0.3 is 20.1 Å². The lowest BCUT2D eigenvalue weighted by Crippen LogP contribution is -2.28. The van der Waals surface area contributed by atoms with Crippen LogP contribution >= 0.6 is 7.82 Å². The third-order valence-corrected chi connectivity index (χ3v) is 10.0. The summed E-state index contributed by atoms with van der Waals surface area (Å²) in [5.41, 5.74) is 5.36. The van der Waals surface area contributed by atoms with Crippen LogP contribution in [0.25, 0.3) is 0 Å². The molecule has 9 heteroatoms. The zero-order chi connectivity index (χ0) is 35.2. The Morgan fingerprint density at radius 3 is 1.31 bits per heavy atom. The van der Waals surface area contributed by atoms with Gasteiger partial charge >= 0.3 is 13.8 Å². The monoisotopic (exact) mass is 706 g/mol. The van der Waals surface area contributed by atoms with Gasteiger partial charge in [0.15, 0.2) is 0 Å². The standard InChI is InChI=1S/C39H80NO7P/c1-3-5-7-9-11-13-15-17-19-20-22-24-26-28-30-32-39(41)47-38(37-46-48(42,43)45-35-33-40)36-44-34-31-29-27-25-23-21-18-16-14-12-10-8-6-4-2/h38H,3-37,40H2,1-2H3,(H,42,43)/t38-/m1/s1. The molecule has 0 bridgehead atoms. The highest BCUT2D eigenvalue weighted by atomic mass is 31.2. The summed E-state index contributed by atoms with van der Waals surface area (Å²) in [5, 5.41) is 0. The molecule has 0 aromatic rings. The van der Waals surface area contributed by atoms with Crippen molar-refractivity contribution in [1.29, 1.82) is 0 Å². The fourth-order valence-electron chi connectivity index (χ4n) is 6.00. The lowest BCUT2D eigenvalue weighted by molar-refractivity contribution is -0.154. The van der Waals surface area contributed by atoms with Crippen molar-refractivity contribution < 1.29 is 32.8 Å². The van der Waals surface area contributed by atoms with Crippen LogP contribution in [-0.4, -0.2) is 49.9 Å². The lowest BCUT2D eigenvalue weighted by atomic mass is 10.0. The maximum Gasteiger partial charge on any atom is 0.472 e. The molecular weight excluding hydrogens is 625 g/mol. The van der Waals surface area contributed by atoms with Gasteiger partial charge in [-0.15, -0.1) is 0 Å². The van der Waals surface area contributed by atoms with E-state index in [1.807, 2.05) is 0 Å². The highest BCUT2D eigenvalue weighted by Gasteiger charge is 2.25. The highest BCUT2D eigenvalue weighted by molar-refractivity contribution is 7.47. The molecule has 0 aromatic carbocycles. The SMILES string of the molecule is CCCCCCCCCCCCCCCCCC(=O)O[C@H](COCCCCCCCCCCCCCCCC)COP(=O)(O)OCCN. The number of hydrogen-bond donors (Lipinski definition) is 2. The summed E-state index contributed by atoms with van der Waals surface area (Å²) in [6.07, 6.45) is 36.8. The van der Waals surface area contributed by atoms with Crippen molar-refractivity contribution in [2.24, 2.45) is 5.73 Å². The number of phosphoric acid groups is 1. The van der Waals surface area contributed by atoms with Crippen LogP contribution < -0.4 is 5.73 Å². The molecule has 8 nitrogen and oxygen atoms in total. The van der Waals surface area contributed by atoms with Crippen LogP contribution in [0.15, 0.2) is 0 Å². The Bertz CT molecular complexity index is 712. The van der Waals surface area contributed by atoms with Gasteiger partial charge in [0, 0.05) is 19.6 Å². The van der Waals surface area contributed by atoms with Crippen molar-refractivity contribution in [2.75, 3.05) is 33.0 Å². The maximum absolute atomic E-state index is 12.5. The van der Waals surface area contributed by atoms with E-state index in [4.69, 9.17) is 24.3 Å². The topological polar surface area (TPSA) is 117 Å². The summed E-state index contributed by atoms with van der Waals surface area (Å²) in [5.74, 6) is -0.325. The predicted molar refractivity (Wildman–Crippen MR) is 201 cm³/mol. The van der Waals surface area contributed by atoms with Gasteiger partial charge in [-0.05, 0) is 12.8 Å². The van der Waals surface area contributed by atoms with Crippen molar-refractivity contribution in [3.8, 4) is 0 Å². The highest BCUT2D eigenvalue weighted by Crippen LogP contribution is 2.43. The van der Waals surface area contributed by atoms with Gasteiger partial charge in [-0.3, -0.25) is 13.8 Å². The maximum atomic E-state index is 12.5. The van der Waals surface area contributed by atoms with Gasteiger partial charge in [-0.1, -0.05) is 187 Å². The van der Waals surface area contributed by atoms with Gasteiger partial charge in [0.1, 0.15) is 6.10 Å².